The number of methoxy groups -OCH3 is 1. The number of fused-ring (bicyclic) bond motifs is 1. The number of imidazole rings is 1. The predicted molar refractivity (Wildman–Crippen MR) is 141 cm³/mol. The average molecular weight is 535 g/mol. The summed E-state index contributed by atoms with van der Waals surface area (Å²) in [7, 11) is 1.54. The molecule has 4 aromatic rings. The number of carbonyl (C=O) groups is 2. The van der Waals surface area contributed by atoms with E-state index >= 15 is 0 Å². The standard InChI is InChI=1S/C26H30N8O5/c1-16(35)20-21(27)33-23(18(15-31-33)17-6-7-19(30-14-17)22-28-10-11-29-22)32-24(20)34(37)25(36)26(39-13-12-38-2)8-4-3-5-9-26/h6-7,10-11,14-15,37H,3-5,8-9,12-13,27H2,1-2H3,(H,28,29). The Hall–Kier alpha value is -4.20. The van der Waals surface area contributed by atoms with Crippen LogP contribution in [-0.2, 0) is 14.3 Å². The van der Waals surface area contributed by atoms with E-state index in [0.29, 0.717) is 47.2 Å². The molecule has 1 amide bonds. The number of hydrogen-bond donors (Lipinski definition) is 3. The van der Waals surface area contributed by atoms with Gasteiger partial charge in [-0.1, -0.05) is 25.3 Å². The molecule has 0 atom stereocenters. The van der Waals surface area contributed by atoms with Crippen molar-refractivity contribution >= 4 is 29.0 Å². The van der Waals surface area contributed by atoms with Gasteiger partial charge < -0.3 is 20.2 Å². The van der Waals surface area contributed by atoms with Crippen LogP contribution in [0.2, 0.25) is 0 Å². The van der Waals surface area contributed by atoms with E-state index in [-0.39, 0.29) is 29.5 Å². The lowest BCUT2D eigenvalue weighted by Gasteiger charge is -2.37. The van der Waals surface area contributed by atoms with Crippen molar-refractivity contribution in [3.05, 3.63) is 42.5 Å². The number of hydroxylamine groups is 1. The number of carbonyl (C=O) groups excluding carboxylic acids is 2. The monoisotopic (exact) mass is 534 g/mol. The summed E-state index contributed by atoms with van der Waals surface area (Å²) in [6.07, 6.45) is 9.83. The van der Waals surface area contributed by atoms with Crippen molar-refractivity contribution in [1.82, 2.24) is 29.5 Å². The molecule has 4 N–H and O–H groups in total. The third kappa shape index (κ3) is 4.87. The Labute approximate surface area is 223 Å². The summed E-state index contributed by atoms with van der Waals surface area (Å²) < 4.78 is 12.4. The van der Waals surface area contributed by atoms with Crippen LogP contribution in [0.1, 0.15) is 49.4 Å². The van der Waals surface area contributed by atoms with E-state index < -0.39 is 17.3 Å². The molecule has 204 valence electrons. The molecule has 13 heteroatoms. The number of nitrogen functional groups attached to an aromatic ring is 1. The molecule has 39 heavy (non-hydrogen) atoms. The third-order valence-corrected chi connectivity index (χ3v) is 6.94. The van der Waals surface area contributed by atoms with Gasteiger partial charge in [-0.25, -0.2) is 9.97 Å². The summed E-state index contributed by atoms with van der Waals surface area (Å²) in [6.45, 7) is 1.76. The molecule has 0 radical (unpaired) electrons. The second-order valence-electron chi connectivity index (χ2n) is 9.43. The van der Waals surface area contributed by atoms with Gasteiger partial charge in [-0.15, -0.1) is 0 Å². The van der Waals surface area contributed by atoms with Crippen LogP contribution in [0.3, 0.4) is 0 Å². The Morgan fingerprint density at radius 3 is 2.62 bits per heavy atom. The normalized spacial score (nSPS) is 14.9. The topological polar surface area (TPSA) is 174 Å². The Kier molecular flexibility index (Phi) is 7.37. The molecule has 0 aliphatic heterocycles. The van der Waals surface area contributed by atoms with E-state index in [1.807, 2.05) is 6.07 Å². The minimum absolute atomic E-state index is 0.0567. The highest BCUT2D eigenvalue weighted by Gasteiger charge is 2.45. The maximum absolute atomic E-state index is 13.8. The summed E-state index contributed by atoms with van der Waals surface area (Å²) in [5.41, 5.74) is 7.06. The van der Waals surface area contributed by atoms with Gasteiger partial charge in [0, 0.05) is 36.8 Å². The number of ether oxygens (including phenoxy) is 2. The SMILES string of the molecule is COCCOC1(C(=O)N(O)c2nc3c(-c4ccc(-c5ncc[nH]5)nc4)cnn3c(N)c2C(C)=O)CCCCC1. The number of pyridine rings is 1. The Bertz CT molecular complexity index is 1480. The number of nitrogens with one attached hydrogen (secondary N) is 1. The molecule has 0 spiro atoms. The van der Waals surface area contributed by atoms with Gasteiger partial charge in [0.1, 0.15) is 22.7 Å². The fraction of sp³-hybridized carbons (Fsp3) is 0.385. The molecule has 13 nitrogen and oxygen atoms in total. The molecule has 0 bridgehead atoms. The lowest BCUT2D eigenvalue weighted by Crippen LogP contribution is -2.52. The molecule has 1 fully saturated rings. The van der Waals surface area contributed by atoms with E-state index in [9.17, 15) is 14.8 Å². The van der Waals surface area contributed by atoms with Crippen LogP contribution in [0.5, 0.6) is 0 Å². The van der Waals surface area contributed by atoms with Gasteiger partial charge in [0.05, 0.1) is 19.4 Å². The van der Waals surface area contributed by atoms with Crippen LogP contribution in [0.15, 0.2) is 36.9 Å². The smallest absolute Gasteiger partial charge is 0.284 e. The minimum Gasteiger partial charge on any atom is -0.383 e. The van der Waals surface area contributed by atoms with Crippen molar-refractivity contribution in [3.63, 3.8) is 0 Å². The van der Waals surface area contributed by atoms with Gasteiger partial charge in [-0.2, -0.15) is 14.7 Å². The van der Waals surface area contributed by atoms with Gasteiger partial charge in [0.2, 0.25) is 0 Å². The zero-order valence-electron chi connectivity index (χ0n) is 21.8. The van der Waals surface area contributed by atoms with E-state index in [2.05, 4.69) is 25.0 Å². The maximum atomic E-state index is 13.8. The summed E-state index contributed by atoms with van der Waals surface area (Å²) in [4.78, 5) is 42.6. The van der Waals surface area contributed by atoms with Crippen molar-refractivity contribution in [2.75, 3.05) is 31.1 Å². The first-order valence-electron chi connectivity index (χ1n) is 12.7. The number of ketones is 1. The molecule has 4 heterocycles. The first-order valence-corrected chi connectivity index (χ1v) is 12.7. The summed E-state index contributed by atoms with van der Waals surface area (Å²) in [5.74, 6) is -0.903. The Balaban J connectivity index is 1.57. The number of anilines is 2. The zero-order chi connectivity index (χ0) is 27.6. The van der Waals surface area contributed by atoms with Gasteiger partial charge in [0.15, 0.2) is 23.1 Å². The fourth-order valence-corrected chi connectivity index (χ4v) is 4.95. The van der Waals surface area contributed by atoms with E-state index in [1.165, 1.54) is 17.6 Å². The van der Waals surface area contributed by atoms with Gasteiger partial charge in [-0.05, 0) is 25.8 Å². The highest BCUT2D eigenvalue weighted by atomic mass is 16.6. The first-order chi connectivity index (χ1) is 18.9. The molecule has 1 aliphatic carbocycles. The van der Waals surface area contributed by atoms with Crippen LogP contribution in [0.4, 0.5) is 11.6 Å². The van der Waals surface area contributed by atoms with E-state index in [1.54, 1.807) is 31.8 Å². The number of nitrogens with zero attached hydrogens (tertiary/aromatic N) is 6. The van der Waals surface area contributed by atoms with Crippen LogP contribution in [0, 0.1) is 0 Å². The summed E-state index contributed by atoms with van der Waals surface area (Å²) in [5, 5.41) is 16.0. The molecule has 5 rings (SSSR count). The summed E-state index contributed by atoms with van der Waals surface area (Å²) in [6, 6.07) is 3.61. The van der Waals surface area contributed by atoms with Gasteiger partial charge in [-0.3, -0.25) is 19.8 Å². The van der Waals surface area contributed by atoms with Crippen LogP contribution in [0.25, 0.3) is 28.3 Å². The zero-order valence-corrected chi connectivity index (χ0v) is 21.8. The molecule has 1 saturated carbocycles. The van der Waals surface area contributed by atoms with Crippen molar-refractivity contribution in [2.24, 2.45) is 0 Å². The lowest BCUT2D eigenvalue weighted by atomic mass is 9.83. The number of hydrogen-bond acceptors (Lipinski definition) is 10. The molecule has 0 aromatic carbocycles. The number of nitrogens with two attached hydrogens (primary N) is 1. The van der Waals surface area contributed by atoms with Crippen molar-refractivity contribution in [2.45, 2.75) is 44.6 Å². The van der Waals surface area contributed by atoms with Crippen LogP contribution < -0.4 is 10.8 Å². The number of aromatic amines is 1. The molecule has 4 aromatic heterocycles. The van der Waals surface area contributed by atoms with Gasteiger partial charge in [0.25, 0.3) is 5.91 Å². The molecule has 0 saturated heterocycles. The molecule has 0 unspecified atom stereocenters. The lowest BCUT2D eigenvalue weighted by molar-refractivity contribution is -0.156. The number of Topliss-reactive ketones (excluding diaryl/α,β-unsaturated/α-hetero) is 1. The van der Waals surface area contributed by atoms with Crippen molar-refractivity contribution < 1.29 is 24.3 Å². The number of amides is 1. The largest absolute Gasteiger partial charge is 0.383 e. The second kappa shape index (κ2) is 10.9. The van der Waals surface area contributed by atoms with Crippen LogP contribution >= 0.6 is 0 Å². The Morgan fingerprint density at radius 2 is 1.97 bits per heavy atom. The minimum atomic E-state index is -1.27. The van der Waals surface area contributed by atoms with E-state index in [4.69, 9.17) is 15.2 Å². The maximum Gasteiger partial charge on any atom is 0.284 e. The first kappa shape index (κ1) is 26.4. The molecule has 1 aliphatic rings. The number of H-pyrrole nitrogens is 1. The van der Waals surface area contributed by atoms with Gasteiger partial charge >= 0.3 is 0 Å². The third-order valence-electron chi connectivity index (χ3n) is 6.94. The van der Waals surface area contributed by atoms with E-state index in [0.717, 1.165) is 19.3 Å². The summed E-state index contributed by atoms with van der Waals surface area (Å²) >= 11 is 0. The highest BCUT2D eigenvalue weighted by molar-refractivity contribution is 6.08. The number of aromatic nitrogens is 6. The van der Waals surface area contributed by atoms with Crippen molar-refractivity contribution in [3.8, 4) is 22.6 Å². The van der Waals surface area contributed by atoms with Crippen molar-refractivity contribution in [1.29, 1.82) is 0 Å². The quantitative estimate of drug-likeness (QED) is 0.125. The Morgan fingerprint density at radius 1 is 1.18 bits per heavy atom. The van der Waals surface area contributed by atoms with Crippen LogP contribution in [-0.4, -0.2) is 72.4 Å². The number of rotatable bonds is 9. The second-order valence-corrected chi connectivity index (χ2v) is 9.43. The fourth-order valence-electron chi connectivity index (χ4n) is 4.95. The molecular weight excluding hydrogens is 504 g/mol. The predicted octanol–water partition coefficient (Wildman–Crippen LogP) is 3.05. The molecular formula is C26H30N8O5. The average Bonchev–Trinajstić information content (AvgIpc) is 3.64. The highest BCUT2D eigenvalue weighted by Crippen LogP contribution is 2.36.